The highest BCUT2D eigenvalue weighted by atomic mass is 14.3. The summed E-state index contributed by atoms with van der Waals surface area (Å²) >= 11 is 0. The maximum atomic E-state index is 5.59. The summed E-state index contributed by atoms with van der Waals surface area (Å²) in [5, 5.41) is 0. The zero-order valence-electron chi connectivity index (χ0n) is 7.78. The highest BCUT2D eigenvalue weighted by Gasteiger charge is 2.25. The highest BCUT2D eigenvalue weighted by molar-refractivity contribution is 5.30. The van der Waals surface area contributed by atoms with Crippen LogP contribution in [0.3, 0.4) is 0 Å². The molecule has 0 aromatic rings. The number of hydrogen-bond donors (Lipinski definition) is 0. The molecule has 0 spiro atoms. The first-order chi connectivity index (χ1) is 5.08. The Labute approximate surface area is 70.0 Å². The van der Waals surface area contributed by atoms with Crippen molar-refractivity contribution in [1.29, 1.82) is 0 Å². The molecule has 0 saturated heterocycles. The molecule has 0 heterocycles. The average molecular weight is 149 g/mol. The van der Waals surface area contributed by atoms with Crippen molar-refractivity contribution in [2.45, 2.75) is 40.0 Å². The molecule has 1 aliphatic carbocycles. The zero-order valence-corrected chi connectivity index (χ0v) is 7.78. The molecule has 0 atom stereocenters. The van der Waals surface area contributed by atoms with Gasteiger partial charge in [-0.2, -0.15) is 0 Å². The van der Waals surface area contributed by atoms with Crippen LogP contribution in [0, 0.1) is 12.0 Å². The smallest absolute Gasteiger partial charge is 0.0104 e. The fourth-order valence-electron chi connectivity index (χ4n) is 2.01. The first-order valence-corrected chi connectivity index (χ1v) is 4.33. The molecule has 0 N–H and O–H groups in total. The molecular weight excluding hydrogens is 132 g/mol. The summed E-state index contributed by atoms with van der Waals surface area (Å²) in [6, 6.07) is 0. The van der Waals surface area contributed by atoms with Crippen LogP contribution in [0.5, 0.6) is 0 Å². The third-order valence-corrected chi connectivity index (χ3v) is 2.71. The molecule has 0 aromatic heterocycles. The van der Waals surface area contributed by atoms with Gasteiger partial charge in [0, 0.05) is 0 Å². The molecule has 1 rings (SSSR count). The molecule has 0 unspecified atom stereocenters. The summed E-state index contributed by atoms with van der Waals surface area (Å²) in [5.41, 5.74) is 3.16. The third kappa shape index (κ3) is 1.55. The lowest BCUT2D eigenvalue weighted by molar-refractivity contribution is 0.377. The highest BCUT2D eigenvalue weighted by Crippen LogP contribution is 2.40. The van der Waals surface area contributed by atoms with Gasteiger partial charge in [-0.05, 0) is 37.2 Å². The van der Waals surface area contributed by atoms with E-state index in [1.165, 1.54) is 30.4 Å². The minimum absolute atomic E-state index is 0.317. The van der Waals surface area contributed by atoms with Gasteiger partial charge in [0.2, 0.25) is 0 Å². The Bertz CT molecular complexity index is 194. The minimum atomic E-state index is 0.317. The topological polar surface area (TPSA) is 0 Å². The molecule has 1 aliphatic rings. The Morgan fingerprint density at radius 2 is 2.09 bits per heavy atom. The lowest BCUT2D eigenvalue weighted by atomic mass is 9.73. The maximum Gasteiger partial charge on any atom is -0.0104 e. The molecule has 0 aliphatic heterocycles. The third-order valence-electron chi connectivity index (χ3n) is 2.71. The molecule has 0 bridgehead atoms. The molecular formula is C11H17. The largest absolute Gasteiger partial charge is 0.0696 e. The lowest BCUT2D eigenvalue weighted by Crippen LogP contribution is -2.18. The van der Waals surface area contributed by atoms with Crippen LogP contribution >= 0.6 is 0 Å². The monoisotopic (exact) mass is 149 g/mol. The van der Waals surface area contributed by atoms with Gasteiger partial charge in [0.15, 0.2) is 0 Å². The van der Waals surface area contributed by atoms with E-state index < -0.39 is 0 Å². The van der Waals surface area contributed by atoms with Crippen molar-refractivity contribution < 1.29 is 0 Å². The summed E-state index contributed by atoms with van der Waals surface area (Å²) < 4.78 is 0. The second-order valence-electron chi connectivity index (χ2n) is 4.10. The first kappa shape index (κ1) is 8.58. The van der Waals surface area contributed by atoms with Gasteiger partial charge in [-0.1, -0.05) is 32.1 Å². The van der Waals surface area contributed by atoms with E-state index in [-0.39, 0.29) is 0 Å². The zero-order chi connectivity index (χ0) is 8.48. The lowest BCUT2D eigenvalue weighted by Gasteiger charge is -2.32. The first-order valence-electron chi connectivity index (χ1n) is 4.33. The number of rotatable bonds is 1. The van der Waals surface area contributed by atoms with E-state index in [0.717, 1.165) is 0 Å². The van der Waals surface area contributed by atoms with Crippen LogP contribution < -0.4 is 0 Å². The second kappa shape index (κ2) is 2.84. The predicted molar refractivity (Wildman–Crippen MR) is 49.2 cm³/mol. The summed E-state index contributed by atoms with van der Waals surface area (Å²) in [7, 11) is 0. The molecule has 0 amide bonds. The van der Waals surface area contributed by atoms with Crippen molar-refractivity contribution in [3.63, 3.8) is 0 Å². The van der Waals surface area contributed by atoms with E-state index in [0.29, 0.717) is 5.41 Å². The SMILES string of the molecule is [CH]=CC1=C(C)CCCC1(C)C. The van der Waals surface area contributed by atoms with E-state index in [4.69, 9.17) is 6.58 Å². The van der Waals surface area contributed by atoms with Crippen molar-refractivity contribution in [1.82, 2.24) is 0 Å². The van der Waals surface area contributed by atoms with Crippen LogP contribution in [0.15, 0.2) is 17.2 Å². The summed E-state index contributed by atoms with van der Waals surface area (Å²) in [5.74, 6) is 0. The van der Waals surface area contributed by atoms with Crippen molar-refractivity contribution in [2.75, 3.05) is 0 Å². The van der Waals surface area contributed by atoms with Gasteiger partial charge in [0.05, 0.1) is 0 Å². The summed E-state index contributed by atoms with van der Waals surface area (Å²) in [6.07, 6.45) is 5.60. The fraction of sp³-hybridized carbons (Fsp3) is 0.636. The van der Waals surface area contributed by atoms with E-state index in [9.17, 15) is 0 Å². The van der Waals surface area contributed by atoms with Crippen LogP contribution in [0.1, 0.15) is 40.0 Å². The Balaban J connectivity index is 3.01. The molecule has 0 nitrogen and oxygen atoms in total. The summed E-state index contributed by atoms with van der Waals surface area (Å²) in [6.45, 7) is 12.3. The molecule has 0 heteroatoms. The van der Waals surface area contributed by atoms with Crippen LogP contribution in [0.25, 0.3) is 0 Å². The quantitative estimate of drug-likeness (QED) is 0.535. The Morgan fingerprint density at radius 3 is 2.45 bits per heavy atom. The maximum absolute atomic E-state index is 5.59. The van der Waals surface area contributed by atoms with Gasteiger partial charge in [0.1, 0.15) is 0 Å². The van der Waals surface area contributed by atoms with E-state index >= 15 is 0 Å². The van der Waals surface area contributed by atoms with E-state index in [1.807, 2.05) is 0 Å². The predicted octanol–water partition coefficient (Wildman–Crippen LogP) is 3.50. The molecule has 0 saturated carbocycles. The van der Waals surface area contributed by atoms with Crippen LogP contribution in [0.2, 0.25) is 0 Å². The van der Waals surface area contributed by atoms with Crippen molar-refractivity contribution in [3.05, 3.63) is 23.8 Å². The normalized spacial score (nSPS) is 23.5. The van der Waals surface area contributed by atoms with Crippen LogP contribution in [-0.2, 0) is 0 Å². The van der Waals surface area contributed by atoms with Gasteiger partial charge in [0.25, 0.3) is 0 Å². The van der Waals surface area contributed by atoms with Gasteiger partial charge >= 0.3 is 0 Å². The van der Waals surface area contributed by atoms with Crippen molar-refractivity contribution in [3.8, 4) is 0 Å². The van der Waals surface area contributed by atoms with Crippen LogP contribution in [0.4, 0.5) is 0 Å². The van der Waals surface area contributed by atoms with E-state index in [1.54, 1.807) is 6.08 Å². The van der Waals surface area contributed by atoms with E-state index in [2.05, 4.69) is 20.8 Å². The molecule has 61 valence electrons. The Morgan fingerprint density at radius 1 is 1.45 bits per heavy atom. The van der Waals surface area contributed by atoms with Gasteiger partial charge in [-0.15, -0.1) is 0 Å². The second-order valence-corrected chi connectivity index (χ2v) is 4.10. The molecule has 0 aromatic carbocycles. The minimum Gasteiger partial charge on any atom is -0.0696 e. The number of hydrogen-bond acceptors (Lipinski definition) is 0. The van der Waals surface area contributed by atoms with Crippen molar-refractivity contribution in [2.24, 2.45) is 5.41 Å². The Kier molecular flexibility index (Phi) is 2.22. The Hall–Kier alpha value is -0.520. The average Bonchev–Trinajstić information content (AvgIpc) is 1.86. The van der Waals surface area contributed by atoms with Crippen LogP contribution in [-0.4, -0.2) is 0 Å². The molecule has 0 fully saturated rings. The van der Waals surface area contributed by atoms with Gasteiger partial charge < -0.3 is 0 Å². The fourth-order valence-corrected chi connectivity index (χ4v) is 2.01. The van der Waals surface area contributed by atoms with Crippen molar-refractivity contribution >= 4 is 0 Å². The number of allylic oxidation sites excluding steroid dienone is 3. The molecule has 1 radical (unpaired) electrons. The standard InChI is InChI=1S/C11H17/c1-5-10-9(2)7-6-8-11(10,3)4/h1,5H,6-8H2,2-4H3. The summed E-state index contributed by atoms with van der Waals surface area (Å²) in [4.78, 5) is 0. The van der Waals surface area contributed by atoms with Gasteiger partial charge in [-0.3, -0.25) is 0 Å². The van der Waals surface area contributed by atoms with Gasteiger partial charge in [-0.25, -0.2) is 0 Å². The molecule has 11 heavy (non-hydrogen) atoms.